The molecule has 134 valence electrons. The Morgan fingerprint density at radius 3 is 2.64 bits per heavy atom. The molecule has 5 nitrogen and oxygen atoms in total. The molecule has 2 rings (SSSR count). The third kappa shape index (κ3) is 5.03. The highest BCUT2D eigenvalue weighted by Crippen LogP contribution is 2.33. The topological polar surface area (TPSA) is 64.6 Å². The van der Waals surface area contributed by atoms with Gasteiger partial charge in [-0.05, 0) is 31.0 Å². The predicted molar refractivity (Wildman–Crippen MR) is 94.9 cm³/mol. The van der Waals surface area contributed by atoms with E-state index >= 15 is 0 Å². The number of ether oxygens (including phenoxy) is 2. The van der Waals surface area contributed by atoms with Crippen LogP contribution in [0.2, 0.25) is 0 Å². The fourth-order valence-electron chi connectivity index (χ4n) is 2.02. The van der Waals surface area contributed by atoms with E-state index in [0.29, 0.717) is 10.6 Å². The highest BCUT2D eigenvalue weighted by Gasteiger charge is 2.20. The standard InChI is InChI=1S/C18H20FNO4S/c1-4-23-18(22)12-9-15(11(2)3)25-17(12)20-16(21)10-24-14-8-6-5-7-13(14)19/h5-9,11H,4,10H2,1-3H3,(H,20,21). The highest BCUT2D eigenvalue weighted by atomic mass is 32.1. The number of benzene rings is 1. The Labute approximate surface area is 149 Å². The molecule has 1 heterocycles. The Balaban J connectivity index is 2.08. The zero-order valence-corrected chi connectivity index (χ0v) is 15.1. The second kappa shape index (κ2) is 8.62. The van der Waals surface area contributed by atoms with E-state index in [1.165, 1.54) is 29.5 Å². The number of esters is 1. The van der Waals surface area contributed by atoms with Gasteiger partial charge >= 0.3 is 5.97 Å². The van der Waals surface area contributed by atoms with Gasteiger partial charge in [0.2, 0.25) is 0 Å². The van der Waals surface area contributed by atoms with Crippen LogP contribution in [-0.4, -0.2) is 25.1 Å². The fraction of sp³-hybridized carbons (Fsp3) is 0.333. The summed E-state index contributed by atoms with van der Waals surface area (Å²) in [6, 6.07) is 7.56. The second-order valence-corrected chi connectivity index (χ2v) is 6.62. The molecule has 0 aliphatic carbocycles. The van der Waals surface area contributed by atoms with Gasteiger partial charge in [-0.15, -0.1) is 11.3 Å². The number of thiophene rings is 1. The maximum absolute atomic E-state index is 13.5. The summed E-state index contributed by atoms with van der Waals surface area (Å²) in [5, 5.41) is 3.05. The van der Waals surface area contributed by atoms with E-state index in [9.17, 15) is 14.0 Å². The first-order valence-electron chi connectivity index (χ1n) is 7.90. The largest absolute Gasteiger partial charge is 0.481 e. The Hall–Kier alpha value is -2.41. The molecule has 0 spiro atoms. The van der Waals surface area contributed by atoms with Crippen LogP contribution in [0.4, 0.5) is 9.39 Å². The van der Waals surface area contributed by atoms with E-state index in [2.05, 4.69) is 5.32 Å². The smallest absolute Gasteiger partial charge is 0.341 e. The lowest BCUT2D eigenvalue weighted by molar-refractivity contribution is -0.118. The molecule has 0 saturated heterocycles. The minimum atomic E-state index is -0.541. The van der Waals surface area contributed by atoms with Crippen LogP contribution in [0.1, 0.15) is 41.9 Å². The van der Waals surface area contributed by atoms with Crippen LogP contribution in [0.15, 0.2) is 30.3 Å². The first-order chi connectivity index (χ1) is 11.9. The maximum Gasteiger partial charge on any atom is 0.341 e. The van der Waals surface area contributed by atoms with Crippen LogP contribution in [0.3, 0.4) is 0 Å². The van der Waals surface area contributed by atoms with Gasteiger partial charge in [-0.25, -0.2) is 9.18 Å². The fourth-order valence-corrected chi connectivity index (χ4v) is 3.08. The Morgan fingerprint density at radius 2 is 2.00 bits per heavy atom. The summed E-state index contributed by atoms with van der Waals surface area (Å²) in [6.07, 6.45) is 0. The average Bonchev–Trinajstić information content (AvgIpc) is 2.98. The van der Waals surface area contributed by atoms with Crippen molar-refractivity contribution in [1.82, 2.24) is 0 Å². The lowest BCUT2D eigenvalue weighted by atomic mass is 10.1. The normalized spacial score (nSPS) is 10.6. The van der Waals surface area contributed by atoms with Gasteiger partial charge in [0.1, 0.15) is 5.00 Å². The van der Waals surface area contributed by atoms with E-state index in [1.54, 1.807) is 19.1 Å². The molecule has 0 bridgehead atoms. The lowest BCUT2D eigenvalue weighted by Gasteiger charge is -2.08. The molecule has 2 aromatic rings. The molecule has 0 radical (unpaired) electrons. The van der Waals surface area contributed by atoms with Gasteiger partial charge in [-0.3, -0.25) is 4.79 Å². The zero-order valence-electron chi connectivity index (χ0n) is 14.3. The summed E-state index contributed by atoms with van der Waals surface area (Å²) < 4.78 is 23.7. The summed E-state index contributed by atoms with van der Waals surface area (Å²) in [6.45, 7) is 5.59. The number of nitrogens with one attached hydrogen (secondary N) is 1. The van der Waals surface area contributed by atoms with Crippen molar-refractivity contribution in [3.8, 4) is 5.75 Å². The summed E-state index contributed by atoms with van der Waals surface area (Å²) >= 11 is 1.31. The Morgan fingerprint density at radius 1 is 1.28 bits per heavy atom. The quantitative estimate of drug-likeness (QED) is 0.747. The van der Waals surface area contributed by atoms with Gasteiger partial charge in [-0.2, -0.15) is 0 Å². The zero-order chi connectivity index (χ0) is 18.4. The molecule has 0 aliphatic rings. The predicted octanol–water partition coefficient (Wildman–Crippen LogP) is 4.20. The minimum Gasteiger partial charge on any atom is -0.481 e. The molecule has 0 atom stereocenters. The van der Waals surface area contributed by atoms with E-state index in [1.807, 2.05) is 13.8 Å². The van der Waals surface area contributed by atoms with Gasteiger partial charge in [0.15, 0.2) is 18.2 Å². The lowest BCUT2D eigenvalue weighted by Crippen LogP contribution is -2.21. The number of carbonyl (C=O) groups is 2. The number of amides is 1. The van der Waals surface area contributed by atoms with Crippen molar-refractivity contribution in [3.63, 3.8) is 0 Å². The van der Waals surface area contributed by atoms with Crippen molar-refractivity contribution < 1.29 is 23.5 Å². The molecule has 0 saturated carbocycles. The van der Waals surface area contributed by atoms with E-state index in [4.69, 9.17) is 9.47 Å². The number of hydrogen-bond donors (Lipinski definition) is 1. The summed E-state index contributed by atoms with van der Waals surface area (Å²) in [4.78, 5) is 25.1. The van der Waals surface area contributed by atoms with Gasteiger partial charge < -0.3 is 14.8 Å². The number of para-hydroxylation sites is 1. The van der Waals surface area contributed by atoms with Crippen molar-refractivity contribution in [2.45, 2.75) is 26.7 Å². The van der Waals surface area contributed by atoms with Gasteiger partial charge in [0.05, 0.1) is 12.2 Å². The van der Waals surface area contributed by atoms with Gasteiger partial charge in [0, 0.05) is 4.88 Å². The summed E-state index contributed by atoms with van der Waals surface area (Å²) in [7, 11) is 0. The molecule has 0 unspecified atom stereocenters. The van der Waals surface area contributed by atoms with Crippen LogP contribution in [0.25, 0.3) is 0 Å². The number of carbonyl (C=O) groups excluding carboxylic acids is 2. The SMILES string of the molecule is CCOC(=O)c1cc(C(C)C)sc1NC(=O)COc1ccccc1F. The Bertz CT molecular complexity index is 757. The molecule has 0 fully saturated rings. The van der Waals surface area contributed by atoms with Crippen LogP contribution in [-0.2, 0) is 9.53 Å². The molecular weight excluding hydrogens is 345 g/mol. The first-order valence-corrected chi connectivity index (χ1v) is 8.72. The second-order valence-electron chi connectivity index (χ2n) is 5.53. The highest BCUT2D eigenvalue weighted by molar-refractivity contribution is 7.16. The average molecular weight is 365 g/mol. The van der Waals surface area contributed by atoms with Crippen molar-refractivity contribution in [3.05, 3.63) is 46.6 Å². The van der Waals surface area contributed by atoms with Crippen molar-refractivity contribution in [2.24, 2.45) is 0 Å². The monoisotopic (exact) mass is 365 g/mol. The molecular formula is C18H20FNO4S. The molecule has 25 heavy (non-hydrogen) atoms. The van der Waals surface area contributed by atoms with Crippen LogP contribution >= 0.6 is 11.3 Å². The van der Waals surface area contributed by atoms with Gasteiger partial charge in [-0.1, -0.05) is 26.0 Å². The first kappa shape index (κ1) is 18.9. The minimum absolute atomic E-state index is 0.00249. The number of hydrogen-bond acceptors (Lipinski definition) is 5. The van der Waals surface area contributed by atoms with Gasteiger partial charge in [0.25, 0.3) is 5.91 Å². The third-order valence-corrected chi connectivity index (χ3v) is 4.61. The third-order valence-electron chi connectivity index (χ3n) is 3.26. The maximum atomic E-state index is 13.5. The van der Waals surface area contributed by atoms with Crippen molar-refractivity contribution >= 4 is 28.2 Å². The van der Waals surface area contributed by atoms with E-state index < -0.39 is 17.7 Å². The van der Waals surface area contributed by atoms with Crippen LogP contribution in [0, 0.1) is 5.82 Å². The molecule has 7 heteroatoms. The molecule has 1 N–H and O–H groups in total. The Kier molecular flexibility index (Phi) is 6.52. The summed E-state index contributed by atoms with van der Waals surface area (Å²) in [5.41, 5.74) is 0.315. The number of rotatable bonds is 7. The summed E-state index contributed by atoms with van der Waals surface area (Å²) in [5.74, 6) is -1.31. The van der Waals surface area contributed by atoms with E-state index in [-0.39, 0.29) is 24.9 Å². The van der Waals surface area contributed by atoms with E-state index in [0.717, 1.165) is 4.88 Å². The molecule has 0 aliphatic heterocycles. The van der Waals surface area contributed by atoms with Crippen molar-refractivity contribution in [1.29, 1.82) is 0 Å². The number of halogens is 1. The van der Waals surface area contributed by atoms with Crippen molar-refractivity contribution in [2.75, 3.05) is 18.5 Å². The number of anilines is 1. The van der Waals surface area contributed by atoms with Crippen LogP contribution in [0.5, 0.6) is 5.75 Å². The molecule has 1 amide bonds. The molecule has 1 aromatic carbocycles. The van der Waals surface area contributed by atoms with Crippen LogP contribution < -0.4 is 10.1 Å². The molecule has 1 aromatic heterocycles.